The second-order valence-electron chi connectivity index (χ2n) is 6.21. The highest BCUT2D eigenvalue weighted by Gasteiger charge is 2.52. The first-order valence-electron chi connectivity index (χ1n) is 6.70. The van der Waals surface area contributed by atoms with Gasteiger partial charge in [0, 0.05) is 16.9 Å². The monoisotopic (exact) mass is 248 g/mol. The topological polar surface area (TPSA) is 46.5 Å². The SMILES string of the molecule is C=C1C(=O)O[C@@H]2C[C@]3(C)C(=C(C)CC[C@H]3O)C[C@H]12. The maximum absolute atomic E-state index is 11.6. The highest BCUT2D eigenvalue weighted by Crippen LogP contribution is 2.54. The summed E-state index contributed by atoms with van der Waals surface area (Å²) in [6, 6.07) is 0. The molecule has 2 aliphatic carbocycles. The third kappa shape index (κ3) is 1.43. The second kappa shape index (κ2) is 3.70. The van der Waals surface area contributed by atoms with Crippen molar-refractivity contribution in [1.29, 1.82) is 0 Å². The first-order chi connectivity index (χ1) is 8.43. The van der Waals surface area contributed by atoms with Crippen LogP contribution in [0.4, 0.5) is 0 Å². The summed E-state index contributed by atoms with van der Waals surface area (Å²) in [6.07, 6.45) is 2.94. The standard InChI is InChI=1S/C15H20O3/c1-8-4-5-13(16)15(3)7-12-10(6-11(8)15)9(2)14(17)18-12/h10,12-13,16H,2,4-7H2,1,3H3/t10-,12-,13-,15-/m1/s1. The van der Waals surface area contributed by atoms with Crippen molar-refractivity contribution in [2.75, 3.05) is 0 Å². The van der Waals surface area contributed by atoms with Crippen LogP contribution in [0.2, 0.25) is 0 Å². The van der Waals surface area contributed by atoms with E-state index < -0.39 is 0 Å². The van der Waals surface area contributed by atoms with Gasteiger partial charge < -0.3 is 9.84 Å². The van der Waals surface area contributed by atoms with Crippen LogP contribution >= 0.6 is 0 Å². The van der Waals surface area contributed by atoms with E-state index in [0.717, 1.165) is 25.7 Å². The fourth-order valence-corrected chi connectivity index (χ4v) is 3.93. The summed E-state index contributed by atoms with van der Waals surface area (Å²) < 4.78 is 5.40. The largest absolute Gasteiger partial charge is 0.458 e. The van der Waals surface area contributed by atoms with Crippen LogP contribution < -0.4 is 0 Å². The van der Waals surface area contributed by atoms with Crippen molar-refractivity contribution in [3.8, 4) is 0 Å². The van der Waals surface area contributed by atoms with Crippen molar-refractivity contribution >= 4 is 5.97 Å². The summed E-state index contributed by atoms with van der Waals surface area (Å²) in [4.78, 5) is 11.6. The lowest BCUT2D eigenvalue weighted by Gasteiger charge is -2.47. The number of rotatable bonds is 0. The zero-order chi connectivity index (χ0) is 13.1. The van der Waals surface area contributed by atoms with Crippen LogP contribution in [0.25, 0.3) is 0 Å². The molecule has 2 fully saturated rings. The number of aliphatic hydroxyl groups is 1. The van der Waals surface area contributed by atoms with Crippen molar-refractivity contribution in [3.05, 3.63) is 23.3 Å². The molecule has 98 valence electrons. The van der Waals surface area contributed by atoms with Crippen molar-refractivity contribution in [3.63, 3.8) is 0 Å². The van der Waals surface area contributed by atoms with Gasteiger partial charge in [0.2, 0.25) is 0 Å². The number of carbonyl (C=O) groups excluding carboxylic acids is 1. The molecule has 3 heteroatoms. The first-order valence-corrected chi connectivity index (χ1v) is 6.70. The van der Waals surface area contributed by atoms with E-state index in [1.165, 1.54) is 11.1 Å². The summed E-state index contributed by atoms with van der Waals surface area (Å²) in [5.74, 6) is -0.124. The normalized spacial score (nSPS) is 43.6. The number of allylic oxidation sites excluding steroid dienone is 1. The van der Waals surface area contributed by atoms with Gasteiger partial charge in [0.25, 0.3) is 0 Å². The Morgan fingerprint density at radius 1 is 1.50 bits per heavy atom. The van der Waals surface area contributed by atoms with E-state index in [1.807, 2.05) is 0 Å². The Morgan fingerprint density at radius 2 is 2.22 bits per heavy atom. The quantitative estimate of drug-likeness (QED) is 0.406. The van der Waals surface area contributed by atoms with Gasteiger partial charge in [-0.15, -0.1) is 0 Å². The number of fused-ring (bicyclic) bond motifs is 2. The zero-order valence-electron chi connectivity index (χ0n) is 11.0. The van der Waals surface area contributed by atoms with Crippen LogP contribution in [-0.4, -0.2) is 23.3 Å². The molecule has 0 aromatic carbocycles. The van der Waals surface area contributed by atoms with Crippen molar-refractivity contribution in [2.24, 2.45) is 11.3 Å². The molecule has 0 radical (unpaired) electrons. The van der Waals surface area contributed by atoms with Gasteiger partial charge in [0.05, 0.1) is 6.10 Å². The van der Waals surface area contributed by atoms with Crippen LogP contribution in [0.1, 0.15) is 39.5 Å². The minimum absolute atomic E-state index is 0.0840. The summed E-state index contributed by atoms with van der Waals surface area (Å²) in [7, 11) is 0. The molecule has 1 saturated heterocycles. The van der Waals surface area contributed by atoms with E-state index in [1.54, 1.807) is 0 Å². The molecule has 0 aromatic heterocycles. The third-order valence-corrected chi connectivity index (χ3v) is 5.20. The number of hydrogen-bond donors (Lipinski definition) is 1. The Balaban J connectivity index is 2.01. The van der Waals surface area contributed by atoms with Crippen LogP contribution in [0, 0.1) is 11.3 Å². The Labute approximate surface area is 108 Å². The van der Waals surface area contributed by atoms with Crippen LogP contribution in [-0.2, 0) is 9.53 Å². The van der Waals surface area contributed by atoms with Gasteiger partial charge in [-0.1, -0.05) is 24.6 Å². The minimum Gasteiger partial charge on any atom is -0.458 e. The first kappa shape index (κ1) is 12.0. The van der Waals surface area contributed by atoms with Gasteiger partial charge in [0.1, 0.15) is 6.10 Å². The van der Waals surface area contributed by atoms with E-state index in [4.69, 9.17) is 4.74 Å². The Hall–Kier alpha value is -1.09. The fourth-order valence-electron chi connectivity index (χ4n) is 3.93. The van der Waals surface area contributed by atoms with E-state index in [9.17, 15) is 9.90 Å². The van der Waals surface area contributed by atoms with E-state index >= 15 is 0 Å². The van der Waals surface area contributed by atoms with Crippen molar-refractivity contribution in [2.45, 2.75) is 51.7 Å². The van der Waals surface area contributed by atoms with Gasteiger partial charge in [-0.25, -0.2) is 4.79 Å². The van der Waals surface area contributed by atoms with E-state index in [2.05, 4.69) is 20.4 Å². The smallest absolute Gasteiger partial charge is 0.334 e. The number of ether oxygens (including phenoxy) is 1. The average Bonchev–Trinajstić information content (AvgIpc) is 2.58. The Morgan fingerprint density at radius 3 is 2.94 bits per heavy atom. The van der Waals surface area contributed by atoms with Crippen molar-refractivity contribution in [1.82, 2.24) is 0 Å². The number of hydrogen-bond acceptors (Lipinski definition) is 3. The molecule has 1 heterocycles. The summed E-state index contributed by atoms with van der Waals surface area (Å²) in [5.41, 5.74) is 3.12. The molecule has 1 N–H and O–H groups in total. The maximum Gasteiger partial charge on any atom is 0.334 e. The molecular weight excluding hydrogens is 228 g/mol. The molecule has 3 rings (SSSR count). The Kier molecular flexibility index (Phi) is 2.46. The van der Waals surface area contributed by atoms with Gasteiger partial charge in [-0.2, -0.15) is 0 Å². The highest BCUT2D eigenvalue weighted by atomic mass is 16.6. The average molecular weight is 248 g/mol. The summed E-state index contributed by atoms with van der Waals surface area (Å²) >= 11 is 0. The molecule has 3 nitrogen and oxygen atoms in total. The molecule has 0 unspecified atom stereocenters. The highest BCUT2D eigenvalue weighted by molar-refractivity contribution is 5.91. The molecule has 0 aromatic rings. The number of carbonyl (C=O) groups is 1. The molecule has 4 atom stereocenters. The zero-order valence-corrected chi connectivity index (χ0v) is 11.0. The Bertz CT molecular complexity index is 462. The molecular formula is C15H20O3. The van der Waals surface area contributed by atoms with Gasteiger partial charge in [-0.3, -0.25) is 0 Å². The molecule has 18 heavy (non-hydrogen) atoms. The van der Waals surface area contributed by atoms with Crippen LogP contribution in [0.5, 0.6) is 0 Å². The minimum atomic E-state index is -0.315. The van der Waals surface area contributed by atoms with Gasteiger partial charge >= 0.3 is 5.97 Å². The number of esters is 1. The van der Waals surface area contributed by atoms with Crippen molar-refractivity contribution < 1.29 is 14.6 Å². The lowest BCUT2D eigenvalue weighted by molar-refractivity contribution is -0.141. The fraction of sp³-hybridized carbons (Fsp3) is 0.667. The molecule has 3 aliphatic rings. The number of aliphatic hydroxyl groups excluding tert-OH is 1. The lowest BCUT2D eigenvalue weighted by Crippen LogP contribution is -2.45. The van der Waals surface area contributed by atoms with Gasteiger partial charge in [-0.05, 0) is 32.6 Å². The van der Waals surface area contributed by atoms with Gasteiger partial charge in [0.15, 0.2) is 0 Å². The van der Waals surface area contributed by atoms with Crippen LogP contribution in [0.3, 0.4) is 0 Å². The summed E-state index contributed by atoms with van der Waals surface area (Å²) in [5, 5.41) is 10.3. The van der Waals surface area contributed by atoms with Crippen LogP contribution in [0.15, 0.2) is 23.3 Å². The third-order valence-electron chi connectivity index (χ3n) is 5.20. The molecule has 1 aliphatic heterocycles. The summed E-state index contributed by atoms with van der Waals surface area (Å²) in [6.45, 7) is 8.13. The molecule has 0 amide bonds. The molecule has 0 bridgehead atoms. The molecule has 0 spiro atoms. The molecule has 1 saturated carbocycles. The van der Waals surface area contributed by atoms with E-state index in [0.29, 0.717) is 5.57 Å². The predicted octanol–water partition coefficient (Wildman–Crippen LogP) is 2.36. The second-order valence-corrected chi connectivity index (χ2v) is 6.21. The maximum atomic E-state index is 11.6. The lowest BCUT2D eigenvalue weighted by atomic mass is 9.59. The van der Waals surface area contributed by atoms with E-state index in [-0.39, 0.29) is 29.5 Å². The predicted molar refractivity (Wildman–Crippen MR) is 67.8 cm³/mol.